The molecule has 106 valence electrons. The van der Waals surface area contributed by atoms with Gasteiger partial charge in [-0.1, -0.05) is 40.2 Å². The highest BCUT2D eigenvalue weighted by molar-refractivity contribution is 9.10. The lowest BCUT2D eigenvalue weighted by Gasteiger charge is -2.23. The SMILES string of the molecule is O=C1O[C@H](C(=O)Nc2cccc(Br)c2)Cc2ccccc21. The number of ether oxygens (including phenoxy) is 1. The van der Waals surface area contributed by atoms with Crippen LogP contribution in [0, 0.1) is 0 Å². The Morgan fingerprint density at radius 1 is 1.19 bits per heavy atom. The Kier molecular flexibility index (Phi) is 3.75. The van der Waals surface area contributed by atoms with Crippen LogP contribution in [0.5, 0.6) is 0 Å². The molecule has 1 N–H and O–H groups in total. The molecule has 1 amide bonds. The Hall–Kier alpha value is -2.14. The second-order valence-corrected chi connectivity index (χ2v) is 5.67. The van der Waals surface area contributed by atoms with Gasteiger partial charge in [0.2, 0.25) is 0 Å². The fraction of sp³-hybridized carbons (Fsp3) is 0.125. The average Bonchev–Trinajstić information content (AvgIpc) is 2.47. The van der Waals surface area contributed by atoms with Gasteiger partial charge in [0.15, 0.2) is 6.10 Å². The van der Waals surface area contributed by atoms with Crippen LogP contribution in [0.3, 0.4) is 0 Å². The van der Waals surface area contributed by atoms with E-state index in [4.69, 9.17) is 4.74 Å². The van der Waals surface area contributed by atoms with E-state index >= 15 is 0 Å². The van der Waals surface area contributed by atoms with Crippen LogP contribution < -0.4 is 5.32 Å². The van der Waals surface area contributed by atoms with Crippen LogP contribution in [0.25, 0.3) is 0 Å². The van der Waals surface area contributed by atoms with E-state index in [9.17, 15) is 9.59 Å². The van der Waals surface area contributed by atoms with E-state index in [1.165, 1.54) is 0 Å². The van der Waals surface area contributed by atoms with Gasteiger partial charge in [-0.05, 0) is 29.8 Å². The van der Waals surface area contributed by atoms with Gasteiger partial charge in [0.25, 0.3) is 5.91 Å². The largest absolute Gasteiger partial charge is 0.448 e. The molecule has 0 aromatic heterocycles. The maximum absolute atomic E-state index is 12.2. The van der Waals surface area contributed by atoms with Gasteiger partial charge in [0, 0.05) is 16.6 Å². The fourth-order valence-electron chi connectivity index (χ4n) is 2.27. The minimum absolute atomic E-state index is 0.323. The van der Waals surface area contributed by atoms with Gasteiger partial charge < -0.3 is 10.1 Å². The molecular formula is C16H12BrNO3. The van der Waals surface area contributed by atoms with Crippen molar-refractivity contribution < 1.29 is 14.3 Å². The van der Waals surface area contributed by atoms with E-state index in [-0.39, 0.29) is 5.91 Å². The number of esters is 1. The molecule has 2 aromatic rings. The Bertz CT molecular complexity index is 714. The molecule has 3 rings (SSSR count). The molecule has 0 saturated carbocycles. The average molecular weight is 346 g/mol. The van der Waals surface area contributed by atoms with Gasteiger partial charge >= 0.3 is 5.97 Å². The number of nitrogens with one attached hydrogen (secondary N) is 1. The molecule has 0 fully saturated rings. The summed E-state index contributed by atoms with van der Waals surface area (Å²) in [6, 6.07) is 14.4. The molecule has 0 bridgehead atoms. The number of hydrogen-bond donors (Lipinski definition) is 1. The molecule has 5 heteroatoms. The molecule has 0 saturated heterocycles. The number of carbonyl (C=O) groups is 2. The van der Waals surface area contributed by atoms with E-state index in [1.807, 2.05) is 24.3 Å². The highest BCUT2D eigenvalue weighted by Crippen LogP contribution is 2.22. The van der Waals surface area contributed by atoms with Crippen molar-refractivity contribution in [1.82, 2.24) is 0 Å². The second kappa shape index (κ2) is 5.69. The lowest BCUT2D eigenvalue weighted by molar-refractivity contribution is -0.125. The summed E-state index contributed by atoms with van der Waals surface area (Å²) < 4.78 is 6.08. The number of carbonyl (C=O) groups excluding carboxylic acids is 2. The highest BCUT2D eigenvalue weighted by Gasteiger charge is 2.30. The highest BCUT2D eigenvalue weighted by atomic mass is 79.9. The zero-order valence-electron chi connectivity index (χ0n) is 11.0. The van der Waals surface area contributed by atoms with Crippen molar-refractivity contribution >= 4 is 33.5 Å². The zero-order valence-corrected chi connectivity index (χ0v) is 12.6. The first-order chi connectivity index (χ1) is 10.1. The second-order valence-electron chi connectivity index (χ2n) is 4.75. The Labute approximate surface area is 130 Å². The van der Waals surface area contributed by atoms with E-state index in [2.05, 4.69) is 21.2 Å². The Morgan fingerprint density at radius 3 is 2.81 bits per heavy atom. The number of anilines is 1. The summed E-state index contributed by atoms with van der Waals surface area (Å²) in [5.41, 5.74) is 2.02. The maximum Gasteiger partial charge on any atom is 0.339 e. The number of hydrogen-bond acceptors (Lipinski definition) is 3. The van der Waals surface area contributed by atoms with Crippen molar-refractivity contribution in [3.8, 4) is 0 Å². The van der Waals surface area contributed by atoms with Crippen LogP contribution in [0.1, 0.15) is 15.9 Å². The van der Waals surface area contributed by atoms with Crippen LogP contribution in [-0.2, 0) is 16.0 Å². The molecule has 1 heterocycles. The molecule has 21 heavy (non-hydrogen) atoms. The van der Waals surface area contributed by atoms with Crippen molar-refractivity contribution in [1.29, 1.82) is 0 Å². The van der Waals surface area contributed by atoms with Gasteiger partial charge in [0.1, 0.15) is 0 Å². The first-order valence-electron chi connectivity index (χ1n) is 6.49. The van der Waals surface area contributed by atoms with E-state index in [1.54, 1.807) is 24.3 Å². The molecule has 0 spiro atoms. The van der Waals surface area contributed by atoms with Gasteiger partial charge in [-0.25, -0.2) is 4.79 Å². The predicted octanol–water partition coefficient (Wildman–Crippen LogP) is 3.17. The predicted molar refractivity (Wildman–Crippen MR) is 82.1 cm³/mol. The summed E-state index contributed by atoms with van der Waals surface area (Å²) in [4.78, 5) is 24.1. The van der Waals surface area contributed by atoms with Gasteiger partial charge in [-0.3, -0.25) is 4.79 Å². The third kappa shape index (κ3) is 2.97. The lowest BCUT2D eigenvalue weighted by Crippen LogP contribution is -2.37. The summed E-state index contributed by atoms with van der Waals surface area (Å²) in [5, 5.41) is 2.76. The summed E-state index contributed by atoms with van der Waals surface area (Å²) >= 11 is 3.34. The van der Waals surface area contributed by atoms with Gasteiger partial charge in [-0.2, -0.15) is 0 Å². The van der Waals surface area contributed by atoms with Gasteiger partial charge in [0.05, 0.1) is 5.56 Å². The van der Waals surface area contributed by atoms with Crippen LogP contribution >= 0.6 is 15.9 Å². The Morgan fingerprint density at radius 2 is 2.00 bits per heavy atom. The minimum Gasteiger partial charge on any atom is -0.448 e. The van der Waals surface area contributed by atoms with Gasteiger partial charge in [-0.15, -0.1) is 0 Å². The first kappa shape index (κ1) is 13.8. The third-order valence-corrected chi connectivity index (χ3v) is 3.77. The number of fused-ring (bicyclic) bond motifs is 1. The molecule has 0 radical (unpaired) electrons. The monoisotopic (exact) mass is 345 g/mol. The van der Waals surface area contributed by atoms with Crippen LogP contribution in [-0.4, -0.2) is 18.0 Å². The maximum atomic E-state index is 12.2. The molecular weight excluding hydrogens is 334 g/mol. The van der Waals surface area contributed by atoms with Crippen LogP contribution in [0.4, 0.5) is 5.69 Å². The summed E-state index contributed by atoms with van der Waals surface area (Å²) in [5.74, 6) is -0.776. The molecule has 0 unspecified atom stereocenters. The van der Waals surface area contributed by atoms with Crippen molar-refractivity contribution in [2.75, 3.05) is 5.32 Å². The Balaban J connectivity index is 1.76. The topological polar surface area (TPSA) is 55.4 Å². The third-order valence-electron chi connectivity index (χ3n) is 3.28. The molecule has 1 atom stereocenters. The standard InChI is InChI=1S/C16H12BrNO3/c17-11-5-3-6-12(9-11)18-15(19)14-8-10-4-1-2-7-13(10)16(20)21-14/h1-7,9,14H,8H2,(H,18,19)/t14-/m0/s1. The van der Waals surface area contributed by atoms with Crippen molar-refractivity contribution in [2.45, 2.75) is 12.5 Å². The molecule has 1 aliphatic heterocycles. The molecule has 0 aliphatic carbocycles. The summed E-state index contributed by atoms with van der Waals surface area (Å²) in [6.45, 7) is 0. The zero-order chi connectivity index (χ0) is 14.8. The lowest BCUT2D eigenvalue weighted by atomic mass is 9.98. The fourth-order valence-corrected chi connectivity index (χ4v) is 2.67. The van der Waals surface area contributed by atoms with E-state index in [0.717, 1.165) is 10.0 Å². The van der Waals surface area contributed by atoms with Crippen LogP contribution in [0.15, 0.2) is 53.0 Å². The van der Waals surface area contributed by atoms with Crippen molar-refractivity contribution in [2.24, 2.45) is 0 Å². The van der Waals surface area contributed by atoms with Crippen molar-refractivity contribution in [3.05, 3.63) is 64.1 Å². The molecule has 4 nitrogen and oxygen atoms in total. The number of amides is 1. The van der Waals surface area contributed by atoms with Crippen molar-refractivity contribution in [3.63, 3.8) is 0 Å². The minimum atomic E-state index is -0.800. The first-order valence-corrected chi connectivity index (χ1v) is 7.28. The molecule has 2 aromatic carbocycles. The smallest absolute Gasteiger partial charge is 0.339 e. The summed E-state index contributed by atoms with van der Waals surface area (Å²) in [7, 11) is 0. The normalized spacial score (nSPS) is 16.8. The summed E-state index contributed by atoms with van der Waals surface area (Å²) in [6.07, 6.45) is -0.409. The molecule has 1 aliphatic rings. The number of benzene rings is 2. The van der Waals surface area contributed by atoms with Crippen LogP contribution in [0.2, 0.25) is 0 Å². The quantitative estimate of drug-likeness (QED) is 0.850. The van der Waals surface area contributed by atoms with E-state index in [0.29, 0.717) is 17.7 Å². The number of halogens is 1. The van der Waals surface area contributed by atoms with E-state index < -0.39 is 12.1 Å². The number of rotatable bonds is 2. The number of cyclic esters (lactones) is 1.